The quantitative estimate of drug-likeness (QED) is 0.462. The van der Waals surface area contributed by atoms with Gasteiger partial charge in [-0.05, 0) is 18.8 Å². The molecule has 0 radical (unpaired) electrons. The van der Waals surface area contributed by atoms with Gasteiger partial charge in [-0.2, -0.15) is 0 Å². The Labute approximate surface area is 109 Å². The van der Waals surface area contributed by atoms with Crippen LogP contribution in [-0.4, -0.2) is 36.4 Å². The van der Waals surface area contributed by atoms with Gasteiger partial charge in [0.15, 0.2) is 0 Å². The molecule has 0 aliphatic heterocycles. The molecule has 0 rings (SSSR count). The Morgan fingerprint density at radius 1 is 1.22 bits per heavy atom. The molecule has 0 saturated carbocycles. The lowest BCUT2D eigenvalue weighted by molar-refractivity contribution is -0.139. The van der Waals surface area contributed by atoms with Crippen molar-refractivity contribution in [3.05, 3.63) is 0 Å². The summed E-state index contributed by atoms with van der Waals surface area (Å²) in [6, 6.07) is -0.537. The van der Waals surface area contributed by atoms with Gasteiger partial charge in [0.1, 0.15) is 6.04 Å². The van der Waals surface area contributed by atoms with E-state index in [-0.39, 0.29) is 11.8 Å². The highest BCUT2D eigenvalue weighted by Crippen LogP contribution is 2.11. The lowest BCUT2D eigenvalue weighted by atomic mass is 10.0. The monoisotopic (exact) mass is 259 g/mol. The van der Waals surface area contributed by atoms with Crippen LogP contribution in [0.25, 0.3) is 0 Å². The molecule has 0 aromatic heterocycles. The highest BCUT2D eigenvalue weighted by Gasteiger charge is 2.27. The third-order valence-corrected chi connectivity index (χ3v) is 2.89. The van der Waals surface area contributed by atoms with E-state index in [4.69, 9.17) is 11.6 Å². The average molecular weight is 259 g/mol. The van der Waals surface area contributed by atoms with Gasteiger partial charge in [0.2, 0.25) is 11.8 Å². The lowest BCUT2D eigenvalue weighted by Crippen LogP contribution is -2.48. The fourth-order valence-corrected chi connectivity index (χ4v) is 1.94. The normalized spacial score (nSPS) is 12.5. The summed E-state index contributed by atoms with van der Waals surface area (Å²) in [5, 5.41) is 0. The van der Waals surface area contributed by atoms with E-state index in [1.54, 1.807) is 7.05 Å². The largest absolute Gasteiger partial charge is 0.368 e. The number of hydrogen-bond donors (Lipinski definition) is 2. The van der Waals surface area contributed by atoms with E-state index in [9.17, 15) is 9.59 Å². The fourth-order valence-electron chi connectivity index (χ4n) is 1.94. The summed E-state index contributed by atoms with van der Waals surface area (Å²) in [4.78, 5) is 29.1. The van der Waals surface area contributed by atoms with Crippen LogP contribution in [0.3, 0.4) is 0 Å². The third kappa shape index (κ3) is 5.97. The standard InChI is InChI=1S/C12H25N3O3/c1-9(2)11(12(13)17)15(3)10(16)7-5-4-6-8-18-14/h9,11H,4-8,14H2,1-3H3,(H2,13,17). The maximum Gasteiger partial charge on any atom is 0.240 e. The summed E-state index contributed by atoms with van der Waals surface area (Å²) in [5.74, 6) is 4.40. The Bertz CT molecular complexity index is 269. The molecule has 0 aliphatic rings. The second-order valence-corrected chi connectivity index (χ2v) is 4.78. The number of likely N-dealkylation sites (N-methyl/N-ethyl adjacent to an activating group) is 1. The molecule has 0 saturated heterocycles. The van der Waals surface area contributed by atoms with Crippen LogP contribution < -0.4 is 11.6 Å². The zero-order valence-electron chi connectivity index (χ0n) is 11.5. The Morgan fingerprint density at radius 2 is 1.83 bits per heavy atom. The molecule has 0 bridgehead atoms. The zero-order chi connectivity index (χ0) is 14.1. The van der Waals surface area contributed by atoms with Gasteiger partial charge in [0.05, 0.1) is 6.61 Å². The van der Waals surface area contributed by atoms with Crippen molar-refractivity contribution in [2.24, 2.45) is 17.5 Å². The topological polar surface area (TPSA) is 98.7 Å². The van der Waals surface area contributed by atoms with E-state index in [1.807, 2.05) is 13.8 Å². The van der Waals surface area contributed by atoms with Crippen molar-refractivity contribution in [3.63, 3.8) is 0 Å². The molecule has 6 nitrogen and oxygen atoms in total. The molecule has 0 aromatic carbocycles. The summed E-state index contributed by atoms with van der Waals surface area (Å²) in [7, 11) is 1.63. The minimum atomic E-state index is -0.537. The molecule has 1 atom stereocenters. The van der Waals surface area contributed by atoms with Crippen LogP contribution in [0, 0.1) is 5.92 Å². The van der Waals surface area contributed by atoms with Crippen molar-refractivity contribution in [2.45, 2.75) is 45.6 Å². The van der Waals surface area contributed by atoms with E-state index in [1.165, 1.54) is 4.90 Å². The Hall–Kier alpha value is -1.14. The first-order valence-electron chi connectivity index (χ1n) is 6.28. The number of rotatable bonds is 9. The summed E-state index contributed by atoms with van der Waals surface area (Å²) < 4.78 is 0. The molecule has 0 aliphatic carbocycles. The number of carbonyl (C=O) groups excluding carboxylic acids is 2. The van der Waals surface area contributed by atoms with E-state index in [2.05, 4.69) is 4.84 Å². The van der Waals surface area contributed by atoms with Gasteiger partial charge in [0.25, 0.3) is 0 Å². The highest BCUT2D eigenvalue weighted by atomic mass is 16.6. The molecule has 2 amide bonds. The molecule has 0 spiro atoms. The van der Waals surface area contributed by atoms with Crippen molar-refractivity contribution < 1.29 is 14.4 Å². The smallest absolute Gasteiger partial charge is 0.240 e. The third-order valence-electron chi connectivity index (χ3n) is 2.89. The van der Waals surface area contributed by atoms with Crippen molar-refractivity contribution in [1.82, 2.24) is 4.90 Å². The maximum atomic E-state index is 11.9. The van der Waals surface area contributed by atoms with Crippen LogP contribution in [0.5, 0.6) is 0 Å². The van der Waals surface area contributed by atoms with Gasteiger partial charge >= 0.3 is 0 Å². The summed E-state index contributed by atoms with van der Waals surface area (Å²) in [5.41, 5.74) is 5.31. The molecule has 0 heterocycles. The first-order chi connectivity index (χ1) is 8.41. The van der Waals surface area contributed by atoms with Gasteiger partial charge in [0, 0.05) is 13.5 Å². The van der Waals surface area contributed by atoms with E-state index in [0.717, 1.165) is 19.3 Å². The minimum Gasteiger partial charge on any atom is -0.368 e. The minimum absolute atomic E-state index is 0.0158. The highest BCUT2D eigenvalue weighted by molar-refractivity contribution is 5.86. The van der Waals surface area contributed by atoms with E-state index in [0.29, 0.717) is 13.0 Å². The van der Waals surface area contributed by atoms with E-state index >= 15 is 0 Å². The molecule has 0 fully saturated rings. The van der Waals surface area contributed by atoms with Crippen molar-refractivity contribution in [3.8, 4) is 0 Å². The molecular formula is C12H25N3O3. The number of nitrogens with zero attached hydrogens (tertiary/aromatic N) is 1. The van der Waals surface area contributed by atoms with Gasteiger partial charge in [-0.3, -0.25) is 9.59 Å². The number of unbranched alkanes of at least 4 members (excludes halogenated alkanes) is 2. The van der Waals surface area contributed by atoms with Crippen molar-refractivity contribution in [1.29, 1.82) is 0 Å². The number of amides is 2. The van der Waals surface area contributed by atoms with Gasteiger partial charge in [-0.15, -0.1) is 0 Å². The van der Waals surface area contributed by atoms with Crippen LogP contribution in [-0.2, 0) is 14.4 Å². The van der Waals surface area contributed by atoms with Crippen LogP contribution >= 0.6 is 0 Å². The molecule has 6 heteroatoms. The SMILES string of the molecule is CC(C)C(C(N)=O)N(C)C(=O)CCCCCON. The number of nitrogens with two attached hydrogens (primary N) is 2. The number of hydrogen-bond acceptors (Lipinski definition) is 4. The first kappa shape index (κ1) is 16.9. The van der Waals surface area contributed by atoms with Crippen LogP contribution in [0.15, 0.2) is 0 Å². The predicted molar refractivity (Wildman–Crippen MR) is 69.2 cm³/mol. The van der Waals surface area contributed by atoms with E-state index < -0.39 is 11.9 Å². The molecule has 18 heavy (non-hydrogen) atoms. The average Bonchev–Trinajstić information content (AvgIpc) is 2.27. The number of primary amides is 1. The molecule has 106 valence electrons. The summed E-state index contributed by atoms with van der Waals surface area (Å²) in [6.45, 7) is 4.25. The Morgan fingerprint density at radius 3 is 2.28 bits per heavy atom. The molecular weight excluding hydrogens is 234 g/mol. The van der Waals surface area contributed by atoms with Gasteiger partial charge in [-0.25, -0.2) is 5.90 Å². The Kier molecular flexibility index (Phi) is 8.32. The van der Waals surface area contributed by atoms with Crippen LogP contribution in [0.2, 0.25) is 0 Å². The lowest BCUT2D eigenvalue weighted by Gasteiger charge is -2.28. The maximum absolute atomic E-state index is 11.9. The fraction of sp³-hybridized carbons (Fsp3) is 0.833. The molecule has 0 aromatic rings. The van der Waals surface area contributed by atoms with Crippen molar-refractivity contribution in [2.75, 3.05) is 13.7 Å². The molecule has 4 N–H and O–H groups in total. The van der Waals surface area contributed by atoms with Crippen molar-refractivity contribution >= 4 is 11.8 Å². The second kappa shape index (κ2) is 8.88. The van der Waals surface area contributed by atoms with Crippen LogP contribution in [0.4, 0.5) is 0 Å². The second-order valence-electron chi connectivity index (χ2n) is 4.78. The summed E-state index contributed by atoms with van der Waals surface area (Å²) >= 11 is 0. The summed E-state index contributed by atoms with van der Waals surface area (Å²) in [6.07, 6.45) is 2.88. The van der Waals surface area contributed by atoms with Gasteiger partial charge in [-0.1, -0.05) is 20.3 Å². The zero-order valence-corrected chi connectivity index (χ0v) is 11.5. The Balaban J connectivity index is 4.11. The molecule has 1 unspecified atom stereocenters. The number of carbonyl (C=O) groups is 2. The predicted octanol–water partition coefficient (Wildman–Crippen LogP) is 0.405. The first-order valence-corrected chi connectivity index (χ1v) is 6.28. The van der Waals surface area contributed by atoms with Gasteiger partial charge < -0.3 is 15.5 Å². The van der Waals surface area contributed by atoms with Crippen LogP contribution in [0.1, 0.15) is 39.5 Å².